The van der Waals surface area contributed by atoms with E-state index in [0.29, 0.717) is 12.5 Å². The van der Waals surface area contributed by atoms with Gasteiger partial charge in [-0.3, -0.25) is 0 Å². The molecular weight excluding hydrogens is 368 g/mol. The molecule has 4 fully saturated rings. The summed E-state index contributed by atoms with van der Waals surface area (Å²) in [7, 11) is 0. The van der Waals surface area contributed by atoms with Crippen molar-refractivity contribution in [3.63, 3.8) is 0 Å². The summed E-state index contributed by atoms with van der Waals surface area (Å²) in [4.78, 5) is 12.2. The maximum Gasteiger partial charge on any atom is 0.230 e. The molecular formula is C24H28O5. The molecule has 4 atom stereocenters. The van der Waals surface area contributed by atoms with Crippen molar-refractivity contribution in [2.75, 3.05) is 0 Å². The number of ether oxygens (including phenoxy) is 2. The lowest BCUT2D eigenvalue weighted by atomic mass is 9.73. The third-order valence-corrected chi connectivity index (χ3v) is 6.73. The molecule has 1 saturated carbocycles. The zero-order valence-electron chi connectivity index (χ0n) is 16.6. The molecule has 3 heterocycles. The summed E-state index contributed by atoms with van der Waals surface area (Å²) in [5.74, 6) is -0.615. The number of rotatable bonds is 5. The van der Waals surface area contributed by atoms with Gasteiger partial charge in [-0.1, -0.05) is 67.4 Å². The van der Waals surface area contributed by atoms with Crippen LogP contribution in [-0.2, 0) is 38.2 Å². The Morgan fingerprint density at radius 1 is 0.897 bits per heavy atom. The third-order valence-electron chi connectivity index (χ3n) is 6.73. The highest BCUT2D eigenvalue weighted by molar-refractivity contribution is 5.26. The van der Waals surface area contributed by atoms with Crippen LogP contribution in [-0.4, -0.2) is 17.0 Å². The molecule has 29 heavy (non-hydrogen) atoms. The molecule has 4 aliphatic rings. The minimum absolute atomic E-state index is 0.0134. The van der Waals surface area contributed by atoms with Gasteiger partial charge in [-0.15, -0.1) is 0 Å². The second-order valence-corrected chi connectivity index (χ2v) is 8.46. The Morgan fingerprint density at radius 2 is 1.72 bits per heavy atom. The van der Waals surface area contributed by atoms with E-state index < -0.39 is 17.7 Å². The van der Waals surface area contributed by atoms with Crippen LogP contribution in [0.2, 0.25) is 0 Å². The van der Waals surface area contributed by atoms with Gasteiger partial charge in [-0.2, -0.15) is 4.89 Å². The molecule has 0 aromatic heterocycles. The Hall–Kier alpha value is -1.76. The molecule has 1 N–H and O–H groups in total. The maximum atomic E-state index is 9.37. The standard InChI is InChI=1S/C24H28O5/c25-16-18-9-11-21(12-10-18)24-15-13-20-8-4-5-14-23(20,28-29-24)22(27-24)26-17-19-6-2-1-3-7-19/h1-3,6-7,9-12,20,22,25H,4-5,8,13-17H2/t20-,22-,23+,24+/m1/s1. The Kier molecular flexibility index (Phi) is 5.18. The van der Waals surface area contributed by atoms with Crippen molar-refractivity contribution in [1.29, 1.82) is 0 Å². The summed E-state index contributed by atoms with van der Waals surface area (Å²) >= 11 is 0. The SMILES string of the molecule is OCc1ccc([C@]23CC[C@H]4CCCC[C@@]4(OO2)[C@H](OCc2ccccc2)O3)cc1. The van der Waals surface area contributed by atoms with E-state index >= 15 is 0 Å². The topological polar surface area (TPSA) is 57.2 Å². The Balaban J connectivity index is 1.46. The van der Waals surface area contributed by atoms with Crippen LogP contribution >= 0.6 is 0 Å². The highest BCUT2D eigenvalue weighted by Crippen LogP contribution is 2.55. The number of aliphatic hydroxyl groups is 1. The van der Waals surface area contributed by atoms with Crippen LogP contribution in [0.15, 0.2) is 54.6 Å². The molecule has 0 unspecified atom stereocenters. The Bertz CT molecular complexity index is 819. The van der Waals surface area contributed by atoms with E-state index in [2.05, 4.69) is 12.1 Å². The lowest BCUT2D eigenvalue weighted by molar-refractivity contribution is -0.561. The largest absolute Gasteiger partial charge is 0.392 e. The molecule has 5 nitrogen and oxygen atoms in total. The monoisotopic (exact) mass is 396 g/mol. The third kappa shape index (κ3) is 3.41. The summed E-state index contributed by atoms with van der Waals surface area (Å²) in [5, 5.41) is 9.37. The predicted octanol–water partition coefficient (Wildman–Crippen LogP) is 4.58. The smallest absolute Gasteiger partial charge is 0.230 e. The molecule has 154 valence electrons. The van der Waals surface area contributed by atoms with Gasteiger partial charge in [-0.25, -0.2) is 4.89 Å². The van der Waals surface area contributed by atoms with E-state index in [9.17, 15) is 5.11 Å². The van der Waals surface area contributed by atoms with E-state index in [4.69, 9.17) is 19.2 Å². The van der Waals surface area contributed by atoms with Gasteiger partial charge >= 0.3 is 0 Å². The molecule has 3 saturated heterocycles. The van der Waals surface area contributed by atoms with Crippen molar-refractivity contribution in [3.8, 4) is 0 Å². The van der Waals surface area contributed by atoms with Crippen molar-refractivity contribution in [3.05, 3.63) is 71.3 Å². The fourth-order valence-electron chi connectivity index (χ4n) is 5.04. The number of benzene rings is 2. The molecule has 1 aliphatic carbocycles. The summed E-state index contributed by atoms with van der Waals surface area (Å²) in [6, 6.07) is 17.9. The summed E-state index contributed by atoms with van der Waals surface area (Å²) in [5.41, 5.74) is 2.33. The second-order valence-electron chi connectivity index (χ2n) is 8.46. The minimum atomic E-state index is -0.974. The highest BCUT2D eigenvalue weighted by atomic mass is 17.3. The number of fused-ring (bicyclic) bond motifs is 3. The van der Waals surface area contributed by atoms with Gasteiger partial charge in [0.05, 0.1) is 13.2 Å². The summed E-state index contributed by atoms with van der Waals surface area (Å²) in [6.45, 7) is 0.488. The van der Waals surface area contributed by atoms with Gasteiger partial charge < -0.3 is 14.6 Å². The van der Waals surface area contributed by atoms with Crippen molar-refractivity contribution in [2.24, 2.45) is 5.92 Å². The van der Waals surface area contributed by atoms with Crippen LogP contribution < -0.4 is 0 Å². The van der Waals surface area contributed by atoms with Crippen molar-refractivity contribution >= 4 is 0 Å². The first-order valence-electron chi connectivity index (χ1n) is 10.6. The van der Waals surface area contributed by atoms with Gasteiger partial charge in [0.2, 0.25) is 5.79 Å². The van der Waals surface area contributed by atoms with Crippen LogP contribution in [0.4, 0.5) is 0 Å². The lowest BCUT2D eigenvalue weighted by Gasteiger charge is -2.50. The number of hydrogen-bond donors (Lipinski definition) is 1. The first kappa shape index (κ1) is 19.2. The average molecular weight is 396 g/mol. The van der Waals surface area contributed by atoms with E-state index in [1.165, 1.54) is 6.42 Å². The highest BCUT2D eigenvalue weighted by Gasteiger charge is 2.62. The summed E-state index contributed by atoms with van der Waals surface area (Å²) in [6.07, 6.45) is 5.51. The Labute approximate surface area is 171 Å². The molecule has 6 rings (SSSR count). The summed E-state index contributed by atoms with van der Waals surface area (Å²) < 4.78 is 13.0. The maximum absolute atomic E-state index is 9.37. The second kappa shape index (κ2) is 7.82. The fourth-order valence-corrected chi connectivity index (χ4v) is 5.04. The minimum Gasteiger partial charge on any atom is -0.392 e. The molecule has 0 radical (unpaired) electrons. The van der Waals surface area contributed by atoms with Gasteiger partial charge in [-0.05, 0) is 36.3 Å². The molecule has 5 heteroatoms. The zero-order valence-corrected chi connectivity index (χ0v) is 16.6. The first-order valence-corrected chi connectivity index (χ1v) is 10.6. The van der Waals surface area contributed by atoms with Crippen LogP contribution in [0.5, 0.6) is 0 Å². The zero-order chi connectivity index (χ0) is 19.7. The van der Waals surface area contributed by atoms with Gasteiger partial charge in [0.15, 0.2) is 11.9 Å². The quantitative estimate of drug-likeness (QED) is 0.750. The van der Waals surface area contributed by atoms with Crippen LogP contribution in [0.25, 0.3) is 0 Å². The van der Waals surface area contributed by atoms with E-state index in [1.54, 1.807) is 0 Å². The van der Waals surface area contributed by atoms with Crippen LogP contribution in [0.1, 0.15) is 55.2 Å². The van der Waals surface area contributed by atoms with Crippen molar-refractivity contribution < 1.29 is 24.4 Å². The molecule has 3 aliphatic heterocycles. The van der Waals surface area contributed by atoms with Gasteiger partial charge in [0.25, 0.3) is 0 Å². The van der Waals surface area contributed by atoms with Crippen molar-refractivity contribution in [1.82, 2.24) is 0 Å². The molecule has 1 spiro atoms. The fraction of sp³-hybridized carbons (Fsp3) is 0.500. The number of aliphatic hydroxyl groups excluding tert-OH is 1. The predicted molar refractivity (Wildman–Crippen MR) is 106 cm³/mol. The van der Waals surface area contributed by atoms with Gasteiger partial charge in [0.1, 0.15) is 0 Å². The van der Waals surface area contributed by atoms with E-state index in [0.717, 1.165) is 48.8 Å². The van der Waals surface area contributed by atoms with E-state index in [1.807, 2.05) is 42.5 Å². The molecule has 0 amide bonds. The van der Waals surface area contributed by atoms with Crippen molar-refractivity contribution in [2.45, 2.75) is 69.4 Å². The first-order chi connectivity index (χ1) is 14.2. The van der Waals surface area contributed by atoms with Crippen LogP contribution in [0.3, 0.4) is 0 Å². The normalized spacial score (nSPS) is 33.8. The molecule has 2 aromatic carbocycles. The molecule has 2 aromatic rings. The lowest BCUT2D eigenvalue weighted by Crippen LogP contribution is -2.59. The van der Waals surface area contributed by atoms with E-state index in [-0.39, 0.29) is 6.61 Å². The van der Waals surface area contributed by atoms with Gasteiger partial charge in [0, 0.05) is 12.0 Å². The Morgan fingerprint density at radius 3 is 2.52 bits per heavy atom. The number of hydrogen-bond acceptors (Lipinski definition) is 5. The molecule has 2 bridgehead atoms. The van der Waals surface area contributed by atoms with Crippen LogP contribution in [0, 0.1) is 5.92 Å². The average Bonchev–Trinajstić information content (AvgIpc) is 3.05.